The quantitative estimate of drug-likeness (QED) is 0.290. The Morgan fingerprint density at radius 1 is 0.972 bits per heavy atom. The first-order valence-electron chi connectivity index (χ1n) is 11.7. The molecule has 2 aromatic carbocycles. The summed E-state index contributed by atoms with van der Waals surface area (Å²) in [5.74, 6) is 0. The number of hydrogen-bond donors (Lipinski definition) is 1. The molecule has 0 atom stereocenters. The van der Waals surface area contributed by atoms with Crippen molar-refractivity contribution >= 4 is 22.4 Å². The van der Waals surface area contributed by atoms with Gasteiger partial charge in [-0.15, -0.1) is 0 Å². The Hall–Kier alpha value is -4.20. The van der Waals surface area contributed by atoms with Gasteiger partial charge in [0, 0.05) is 11.9 Å². The van der Waals surface area contributed by atoms with E-state index >= 15 is 0 Å². The molecule has 3 aromatic rings. The molecule has 0 radical (unpaired) electrons. The fraction of sp³-hybridized carbons (Fsp3) is 0.179. The standard InChI is InChI=1S/C28H22F3N5/c1-17-12-20(16-32-15-17)34-23-13-25-27(14-24(23)33-19-8-9-19)36(26-5-3-2-4-22(26)35-25)21-10-6-18(7-11-21)28(29,30)31/h2-7,10-16,19,34H,8-9H2,1H3/b33-24+. The molecule has 2 heterocycles. The molecule has 0 amide bonds. The Kier molecular flexibility index (Phi) is 5.25. The van der Waals surface area contributed by atoms with E-state index in [9.17, 15) is 13.2 Å². The highest BCUT2D eigenvalue weighted by molar-refractivity contribution is 5.84. The second kappa shape index (κ2) is 8.48. The van der Waals surface area contributed by atoms with Crippen molar-refractivity contribution in [1.82, 2.24) is 14.5 Å². The molecular formula is C28H22F3N5. The van der Waals surface area contributed by atoms with Crippen molar-refractivity contribution in [3.63, 3.8) is 0 Å². The Labute approximate surface area is 205 Å². The Balaban J connectivity index is 1.59. The summed E-state index contributed by atoms with van der Waals surface area (Å²) in [5.41, 5.74) is 5.62. The molecule has 36 heavy (non-hydrogen) atoms. The molecule has 8 heteroatoms. The maximum Gasteiger partial charge on any atom is 0.416 e. The van der Waals surface area contributed by atoms with Crippen LogP contribution < -0.4 is 10.7 Å². The topological polar surface area (TPSA) is 55.1 Å². The molecule has 0 unspecified atom stereocenters. The Morgan fingerprint density at radius 2 is 1.75 bits per heavy atom. The number of halogens is 3. The second-order valence-electron chi connectivity index (χ2n) is 9.07. The zero-order chi connectivity index (χ0) is 24.9. The number of fused-ring (bicyclic) bond motifs is 2. The number of aryl methyl sites for hydroxylation is 1. The lowest BCUT2D eigenvalue weighted by Gasteiger charge is -2.20. The van der Waals surface area contributed by atoms with E-state index in [4.69, 9.17) is 9.98 Å². The number of rotatable bonds is 4. The minimum atomic E-state index is -4.40. The minimum absolute atomic E-state index is 0.270. The van der Waals surface area contributed by atoms with E-state index in [1.54, 1.807) is 12.4 Å². The Morgan fingerprint density at radius 3 is 2.47 bits per heavy atom. The summed E-state index contributed by atoms with van der Waals surface area (Å²) in [4.78, 5) is 14.1. The van der Waals surface area contributed by atoms with E-state index in [0.717, 1.165) is 64.0 Å². The van der Waals surface area contributed by atoms with Crippen LogP contribution in [-0.4, -0.2) is 20.6 Å². The summed E-state index contributed by atoms with van der Waals surface area (Å²) in [6.07, 6.45) is 1.24. The van der Waals surface area contributed by atoms with Crippen molar-refractivity contribution < 1.29 is 13.2 Å². The van der Waals surface area contributed by atoms with Crippen molar-refractivity contribution in [2.75, 3.05) is 5.32 Å². The molecule has 180 valence electrons. The monoisotopic (exact) mass is 485 g/mol. The third-order valence-electron chi connectivity index (χ3n) is 6.17. The van der Waals surface area contributed by atoms with Crippen LogP contribution in [0.1, 0.15) is 24.0 Å². The molecule has 0 bridgehead atoms. The molecule has 1 fully saturated rings. The lowest BCUT2D eigenvalue weighted by atomic mass is 10.1. The second-order valence-corrected chi connectivity index (χ2v) is 9.07. The van der Waals surface area contributed by atoms with Crippen LogP contribution in [0.15, 0.2) is 84.1 Å². The number of benzene rings is 3. The minimum Gasteiger partial charge on any atom is -0.352 e. The summed E-state index contributed by atoms with van der Waals surface area (Å²) in [7, 11) is 0. The first kappa shape index (κ1) is 22.3. The molecule has 3 aliphatic rings. The fourth-order valence-electron chi connectivity index (χ4n) is 4.31. The van der Waals surface area contributed by atoms with Gasteiger partial charge in [0.25, 0.3) is 0 Å². The van der Waals surface area contributed by atoms with E-state index in [2.05, 4.69) is 10.3 Å². The summed E-state index contributed by atoms with van der Waals surface area (Å²) in [6, 6.07) is 19.0. The summed E-state index contributed by atoms with van der Waals surface area (Å²) >= 11 is 0. The van der Waals surface area contributed by atoms with Crippen molar-refractivity contribution in [2.45, 2.75) is 32.0 Å². The molecule has 6 rings (SSSR count). The van der Waals surface area contributed by atoms with Crippen LogP contribution in [0.4, 0.5) is 24.5 Å². The lowest BCUT2D eigenvalue weighted by Crippen LogP contribution is -2.16. The zero-order valence-corrected chi connectivity index (χ0v) is 19.4. The van der Waals surface area contributed by atoms with Crippen molar-refractivity contribution in [2.24, 2.45) is 4.99 Å². The highest BCUT2D eigenvalue weighted by Gasteiger charge is 2.30. The molecule has 1 aromatic heterocycles. The lowest BCUT2D eigenvalue weighted by molar-refractivity contribution is -0.137. The van der Waals surface area contributed by atoms with Crippen LogP contribution in [-0.2, 0) is 6.18 Å². The van der Waals surface area contributed by atoms with Crippen LogP contribution in [0.3, 0.4) is 0 Å². The summed E-state index contributed by atoms with van der Waals surface area (Å²) < 4.78 is 41.6. The molecule has 1 N–H and O–H groups in total. The van der Waals surface area contributed by atoms with E-state index in [0.29, 0.717) is 11.4 Å². The van der Waals surface area contributed by atoms with Gasteiger partial charge in [0.2, 0.25) is 0 Å². The number of anilines is 2. The smallest absolute Gasteiger partial charge is 0.352 e. The third-order valence-corrected chi connectivity index (χ3v) is 6.17. The van der Waals surface area contributed by atoms with Crippen LogP contribution in [0.25, 0.3) is 28.1 Å². The van der Waals surface area contributed by atoms with Crippen LogP contribution in [0.2, 0.25) is 0 Å². The fourth-order valence-corrected chi connectivity index (χ4v) is 4.31. The van der Waals surface area contributed by atoms with E-state index in [1.165, 1.54) is 12.1 Å². The predicted molar refractivity (Wildman–Crippen MR) is 134 cm³/mol. The molecule has 2 aliphatic carbocycles. The normalized spacial score (nSPS) is 14.5. The van der Waals surface area contributed by atoms with Crippen LogP contribution in [0, 0.1) is 6.92 Å². The highest BCUT2D eigenvalue weighted by atomic mass is 19.4. The predicted octanol–water partition coefficient (Wildman–Crippen LogP) is 6.66. The van der Waals surface area contributed by atoms with Gasteiger partial charge in [-0.05, 0) is 79.9 Å². The van der Waals surface area contributed by atoms with Gasteiger partial charge in [-0.25, -0.2) is 4.98 Å². The van der Waals surface area contributed by atoms with Gasteiger partial charge in [-0.1, -0.05) is 12.1 Å². The first-order chi connectivity index (χ1) is 17.3. The molecule has 1 aliphatic heterocycles. The van der Waals surface area contributed by atoms with E-state index in [1.807, 2.05) is 54.0 Å². The van der Waals surface area contributed by atoms with E-state index < -0.39 is 11.7 Å². The number of pyridine rings is 1. The third kappa shape index (κ3) is 4.30. The maximum absolute atomic E-state index is 13.2. The molecular weight excluding hydrogens is 463 g/mol. The molecule has 1 saturated carbocycles. The number of alkyl halides is 3. The summed E-state index contributed by atoms with van der Waals surface area (Å²) in [6.45, 7) is 1.98. The summed E-state index contributed by atoms with van der Waals surface area (Å²) in [5, 5.41) is 4.22. The highest BCUT2D eigenvalue weighted by Crippen LogP contribution is 2.33. The van der Waals surface area contributed by atoms with Gasteiger partial charge in [0.15, 0.2) is 0 Å². The Bertz CT molecular complexity index is 1620. The van der Waals surface area contributed by atoms with Crippen LogP contribution >= 0.6 is 0 Å². The number of hydrogen-bond acceptors (Lipinski definition) is 4. The van der Waals surface area contributed by atoms with Gasteiger partial charge in [0.1, 0.15) is 0 Å². The molecule has 0 spiro atoms. The number of nitrogens with zero attached hydrogens (tertiary/aromatic N) is 4. The largest absolute Gasteiger partial charge is 0.416 e. The maximum atomic E-state index is 13.2. The van der Waals surface area contributed by atoms with E-state index in [-0.39, 0.29) is 6.04 Å². The van der Waals surface area contributed by atoms with Crippen LogP contribution in [0.5, 0.6) is 0 Å². The van der Waals surface area contributed by atoms with Crippen molar-refractivity contribution in [3.8, 4) is 17.1 Å². The number of nitrogens with one attached hydrogen (secondary N) is 1. The van der Waals surface area contributed by atoms with Crippen molar-refractivity contribution in [1.29, 1.82) is 0 Å². The number of aromatic nitrogens is 3. The number of para-hydroxylation sites is 2. The molecule has 0 saturated heterocycles. The van der Waals surface area contributed by atoms with Gasteiger partial charge in [-0.3, -0.25) is 9.98 Å². The average molecular weight is 486 g/mol. The SMILES string of the molecule is Cc1cncc(Nc2cc3nc4ccccc4n(-c4ccc(C(F)(F)F)cc4)c-3c/c2=N\C2CC2)c1. The average Bonchev–Trinajstić information content (AvgIpc) is 3.67. The van der Waals surface area contributed by atoms with Gasteiger partial charge in [0.05, 0.1) is 57.0 Å². The van der Waals surface area contributed by atoms with Gasteiger partial charge >= 0.3 is 6.18 Å². The van der Waals surface area contributed by atoms with Gasteiger partial charge < -0.3 is 9.88 Å². The van der Waals surface area contributed by atoms with Gasteiger partial charge in [-0.2, -0.15) is 13.2 Å². The van der Waals surface area contributed by atoms with Crippen molar-refractivity contribution in [3.05, 3.63) is 95.6 Å². The first-order valence-corrected chi connectivity index (χ1v) is 11.7. The molecule has 5 nitrogen and oxygen atoms in total. The zero-order valence-electron chi connectivity index (χ0n) is 19.4.